The highest BCUT2D eigenvalue weighted by Gasteiger charge is 2.42. The van der Waals surface area contributed by atoms with E-state index in [-0.39, 0.29) is 5.60 Å². The molecular formula is C14H18Cl2N2O. The zero-order valence-corrected chi connectivity index (χ0v) is 12.6. The third kappa shape index (κ3) is 2.26. The van der Waals surface area contributed by atoms with E-state index in [1.165, 1.54) is 12.8 Å². The zero-order chi connectivity index (χ0) is 13.5. The van der Waals surface area contributed by atoms with Gasteiger partial charge in [-0.2, -0.15) is 0 Å². The minimum atomic E-state index is -0.360. The van der Waals surface area contributed by atoms with Crippen molar-refractivity contribution in [2.24, 2.45) is 0 Å². The number of halogens is 2. The summed E-state index contributed by atoms with van der Waals surface area (Å²) in [5.41, 5.74) is 0.580. The number of aromatic nitrogens is 2. The minimum Gasteiger partial charge on any atom is -0.370 e. The van der Waals surface area contributed by atoms with Gasteiger partial charge in [-0.3, -0.25) is 0 Å². The summed E-state index contributed by atoms with van der Waals surface area (Å²) >= 11 is 12.7. The van der Waals surface area contributed by atoms with Crippen LogP contribution in [0.3, 0.4) is 0 Å². The third-order valence-electron chi connectivity index (χ3n) is 4.58. The Labute approximate surface area is 123 Å². The van der Waals surface area contributed by atoms with Crippen LogP contribution in [0.15, 0.2) is 0 Å². The fourth-order valence-electron chi connectivity index (χ4n) is 3.19. The average Bonchev–Trinajstić information content (AvgIpc) is 2.81. The van der Waals surface area contributed by atoms with Gasteiger partial charge in [0.05, 0.1) is 0 Å². The van der Waals surface area contributed by atoms with Crippen LogP contribution in [0.2, 0.25) is 10.3 Å². The lowest BCUT2D eigenvalue weighted by Gasteiger charge is -2.39. The van der Waals surface area contributed by atoms with Gasteiger partial charge in [0, 0.05) is 12.7 Å². The van der Waals surface area contributed by atoms with Gasteiger partial charge in [-0.05, 0) is 38.0 Å². The van der Waals surface area contributed by atoms with E-state index >= 15 is 0 Å². The van der Waals surface area contributed by atoms with E-state index < -0.39 is 0 Å². The van der Waals surface area contributed by atoms with Crippen molar-refractivity contribution in [3.63, 3.8) is 0 Å². The van der Waals surface area contributed by atoms with E-state index in [1.807, 2.05) is 0 Å². The van der Waals surface area contributed by atoms with Gasteiger partial charge in [0.15, 0.2) is 5.82 Å². The van der Waals surface area contributed by atoms with Crippen LogP contribution in [0.25, 0.3) is 0 Å². The van der Waals surface area contributed by atoms with Crippen LogP contribution in [0, 0.1) is 0 Å². The van der Waals surface area contributed by atoms with Crippen LogP contribution < -0.4 is 0 Å². The molecule has 0 saturated heterocycles. The van der Waals surface area contributed by atoms with Gasteiger partial charge in [-0.1, -0.05) is 36.0 Å². The Morgan fingerprint density at radius 1 is 1.05 bits per heavy atom. The second-order valence-corrected chi connectivity index (χ2v) is 6.29. The fraction of sp³-hybridized carbons (Fsp3) is 0.714. The molecule has 2 saturated carbocycles. The summed E-state index contributed by atoms with van der Waals surface area (Å²) in [6.07, 6.45) is 7.77. The maximum Gasteiger partial charge on any atom is 0.163 e. The van der Waals surface area contributed by atoms with Gasteiger partial charge in [-0.25, -0.2) is 9.97 Å². The van der Waals surface area contributed by atoms with E-state index in [4.69, 9.17) is 27.9 Å². The molecule has 0 aromatic carbocycles. The molecule has 0 atom stereocenters. The fourth-order valence-corrected chi connectivity index (χ4v) is 3.88. The summed E-state index contributed by atoms with van der Waals surface area (Å²) < 4.78 is 5.59. The number of rotatable bonds is 3. The molecule has 0 aliphatic heterocycles. The Balaban J connectivity index is 1.97. The Morgan fingerprint density at radius 3 is 2.05 bits per heavy atom. The third-order valence-corrected chi connectivity index (χ3v) is 5.15. The summed E-state index contributed by atoms with van der Waals surface area (Å²) in [5.74, 6) is 1.08. The molecule has 0 bridgehead atoms. The van der Waals surface area contributed by atoms with Crippen molar-refractivity contribution in [1.29, 1.82) is 0 Å². The minimum absolute atomic E-state index is 0.360. The number of methoxy groups -OCH3 is 1. The van der Waals surface area contributed by atoms with Crippen LogP contribution in [0.5, 0.6) is 0 Å². The molecule has 19 heavy (non-hydrogen) atoms. The first-order valence-electron chi connectivity index (χ1n) is 6.95. The number of nitrogens with zero attached hydrogens (tertiary/aromatic N) is 2. The maximum absolute atomic E-state index is 6.37. The van der Waals surface area contributed by atoms with Crippen LogP contribution in [0.4, 0.5) is 0 Å². The molecule has 1 aromatic heterocycles. The number of ether oxygens (including phenoxy) is 1. The first kappa shape index (κ1) is 13.6. The van der Waals surface area contributed by atoms with Crippen LogP contribution in [0.1, 0.15) is 62.3 Å². The normalized spacial score (nSPS) is 22.5. The molecular weight excluding hydrogens is 283 g/mol. The number of hydrogen-bond donors (Lipinski definition) is 0. The molecule has 1 heterocycles. The van der Waals surface area contributed by atoms with E-state index in [2.05, 4.69) is 9.97 Å². The molecule has 5 heteroatoms. The summed E-state index contributed by atoms with van der Waals surface area (Å²) in [7, 11) is 1.70. The standard InChI is InChI=1S/C14H18Cl2N2O/c1-19-14(7-4-8-14)13-17-11(15)10(12(16)18-13)9-5-2-3-6-9/h9H,2-8H2,1H3. The maximum atomic E-state index is 6.37. The van der Waals surface area contributed by atoms with Crippen molar-refractivity contribution in [3.05, 3.63) is 21.7 Å². The summed E-state index contributed by atoms with van der Waals surface area (Å²) in [6, 6.07) is 0. The van der Waals surface area contributed by atoms with E-state index in [9.17, 15) is 0 Å². The predicted molar refractivity (Wildman–Crippen MR) is 75.8 cm³/mol. The van der Waals surface area contributed by atoms with E-state index in [0.717, 1.165) is 37.7 Å². The van der Waals surface area contributed by atoms with Crippen LogP contribution in [-0.4, -0.2) is 17.1 Å². The van der Waals surface area contributed by atoms with Crippen LogP contribution in [-0.2, 0) is 10.3 Å². The summed E-state index contributed by atoms with van der Waals surface area (Å²) in [4.78, 5) is 8.98. The Hall–Kier alpha value is -0.380. The topological polar surface area (TPSA) is 35.0 Å². The molecule has 2 aliphatic rings. The molecule has 104 valence electrons. The first-order valence-corrected chi connectivity index (χ1v) is 7.70. The second-order valence-electron chi connectivity index (χ2n) is 5.58. The lowest BCUT2D eigenvalue weighted by molar-refractivity contribution is -0.0846. The van der Waals surface area contributed by atoms with Gasteiger partial charge < -0.3 is 4.74 Å². The first-order chi connectivity index (χ1) is 9.16. The van der Waals surface area contributed by atoms with Crippen molar-refractivity contribution < 1.29 is 4.74 Å². The monoisotopic (exact) mass is 300 g/mol. The van der Waals surface area contributed by atoms with Gasteiger partial charge in [-0.15, -0.1) is 0 Å². The molecule has 0 radical (unpaired) electrons. The molecule has 2 aliphatic carbocycles. The van der Waals surface area contributed by atoms with Gasteiger partial charge >= 0.3 is 0 Å². The quantitative estimate of drug-likeness (QED) is 0.773. The van der Waals surface area contributed by atoms with E-state index in [1.54, 1.807) is 7.11 Å². The molecule has 0 amide bonds. The SMILES string of the molecule is COC1(c2nc(Cl)c(C3CCCC3)c(Cl)n2)CCC1. The molecule has 0 N–H and O–H groups in total. The second kappa shape index (κ2) is 5.19. The predicted octanol–water partition coefficient (Wildman–Crippen LogP) is 4.47. The van der Waals surface area contributed by atoms with Crippen molar-refractivity contribution in [1.82, 2.24) is 9.97 Å². The highest BCUT2D eigenvalue weighted by atomic mass is 35.5. The van der Waals surface area contributed by atoms with Gasteiger partial charge in [0.1, 0.15) is 15.9 Å². The highest BCUT2D eigenvalue weighted by molar-refractivity contribution is 6.34. The molecule has 3 rings (SSSR count). The molecule has 3 nitrogen and oxygen atoms in total. The van der Waals surface area contributed by atoms with Crippen LogP contribution >= 0.6 is 23.2 Å². The highest BCUT2D eigenvalue weighted by Crippen LogP contribution is 2.45. The van der Waals surface area contributed by atoms with Gasteiger partial charge in [0.25, 0.3) is 0 Å². The van der Waals surface area contributed by atoms with Crippen molar-refractivity contribution in [2.75, 3.05) is 7.11 Å². The molecule has 2 fully saturated rings. The number of hydrogen-bond acceptors (Lipinski definition) is 3. The zero-order valence-electron chi connectivity index (χ0n) is 11.1. The average molecular weight is 301 g/mol. The smallest absolute Gasteiger partial charge is 0.163 e. The molecule has 1 aromatic rings. The Morgan fingerprint density at radius 2 is 1.63 bits per heavy atom. The van der Waals surface area contributed by atoms with Crippen molar-refractivity contribution >= 4 is 23.2 Å². The summed E-state index contributed by atoms with van der Waals surface area (Å²) in [6.45, 7) is 0. The lowest BCUT2D eigenvalue weighted by atomic mass is 9.79. The van der Waals surface area contributed by atoms with Gasteiger partial charge in [0.2, 0.25) is 0 Å². The molecule has 0 spiro atoms. The Kier molecular flexibility index (Phi) is 3.71. The summed E-state index contributed by atoms with van der Waals surface area (Å²) in [5, 5.41) is 1.04. The van der Waals surface area contributed by atoms with E-state index in [0.29, 0.717) is 22.0 Å². The lowest BCUT2D eigenvalue weighted by Crippen LogP contribution is -2.38. The Bertz CT molecular complexity index is 454. The molecule has 0 unspecified atom stereocenters. The van der Waals surface area contributed by atoms with Crippen molar-refractivity contribution in [2.45, 2.75) is 56.5 Å². The largest absolute Gasteiger partial charge is 0.370 e. The van der Waals surface area contributed by atoms with Crippen molar-refractivity contribution in [3.8, 4) is 0 Å².